The third-order valence-corrected chi connectivity index (χ3v) is 7.17. The quantitative estimate of drug-likeness (QED) is 0.326. The molecule has 1 heterocycles. The van der Waals surface area contributed by atoms with Gasteiger partial charge >= 0.3 is 0 Å². The molecular formula is C30H31N5O4. The van der Waals surface area contributed by atoms with E-state index in [-0.39, 0.29) is 30.0 Å². The first kappa shape index (κ1) is 26.1. The molecule has 9 nitrogen and oxygen atoms in total. The van der Waals surface area contributed by atoms with E-state index in [1.807, 2.05) is 24.3 Å². The summed E-state index contributed by atoms with van der Waals surface area (Å²) in [4.78, 5) is 41.8. The van der Waals surface area contributed by atoms with Gasteiger partial charge in [-0.15, -0.1) is 5.10 Å². The number of anilines is 1. The Hall–Kier alpha value is -4.53. The number of aromatic nitrogens is 3. The Labute approximate surface area is 226 Å². The summed E-state index contributed by atoms with van der Waals surface area (Å²) in [5.41, 5.74) is 2.71. The maximum atomic E-state index is 14.1. The Morgan fingerprint density at radius 3 is 2.49 bits per heavy atom. The lowest BCUT2D eigenvalue weighted by Crippen LogP contribution is -2.48. The number of benzene rings is 3. The fourth-order valence-electron chi connectivity index (χ4n) is 5.15. The number of fused-ring (bicyclic) bond motifs is 1. The van der Waals surface area contributed by atoms with E-state index in [9.17, 15) is 19.5 Å². The number of carbonyl (C=O) groups is 3. The van der Waals surface area contributed by atoms with Gasteiger partial charge in [-0.3, -0.25) is 19.3 Å². The standard InChI is InChI=1S/C30H31N5O4/c1-20(36)22-8-7-11-24(18-22)35(28(38)19-34-27-13-6-5-12-26(27)32-33-34)29(21-14-16-25(37)17-15-21)30(39)31-23-9-3-2-4-10-23/h5-8,11-18,23,29,37H,2-4,9-10,19H2,1H3,(H,31,39)/t29-/m1/s1. The number of nitrogens with one attached hydrogen (secondary N) is 1. The highest BCUT2D eigenvalue weighted by molar-refractivity contribution is 6.03. The van der Waals surface area contributed by atoms with Crippen molar-refractivity contribution >= 4 is 34.3 Å². The summed E-state index contributed by atoms with van der Waals surface area (Å²) in [6.07, 6.45) is 4.98. The van der Waals surface area contributed by atoms with Crippen LogP contribution in [0.1, 0.15) is 61.0 Å². The Morgan fingerprint density at radius 1 is 1.00 bits per heavy atom. The number of aromatic hydroxyl groups is 1. The van der Waals surface area contributed by atoms with Crippen LogP contribution in [0.5, 0.6) is 5.75 Å². The minimum absolute atomic E-state index is 0.0191. The summed E-state index contributed by atoms with van der Waals surface area (Å²) >= 11 is 0. The molecule has 1 aliphatic carbocycles. The molecule has 0 bridgehead atoms. The fraction of sp³-hybridized carbons (Fsp3) is 0.300. The van der Waals surface area contributed by atoms with Crippen LogP contribution >= 0.6 is 0 Å². The molecule has 200 valence electrons. The van der Waals surface area contributed by atoms with E-state index in [4.69, 9.17) is 0 Å². The molecule has 2 amide bonds. The van der Waals surface area contributed by atoms with Crippen LogP contribution in [0.2, 0.25) is 0 Å². The maximum absolute atomic E-state index is 14.1. The molecule has 0 spiro atoms. The number of phenols is 1. The van der Waals surface area contributed by atoms with Crippen LogP contribution in [0.25, 0.3) is 11.0 Å². The lowest BCUT2D eigenvalue weighted by Gasteiger charge is -2.33. The van der Waals surface area contributed by atoms with Crippen LogP contribution in [0, 0.1) is 0 Å². The number of hydrogen-bond acceptors (Lipinski definition) is 6. The third kappa shape index (κ3) is 5.82. The zero-order valence-corrected chi connectivity index (χ0v) is 21.8. The number of nitrogens with zero attached hydrogens (tertiary/aromatic N) is 4. The van der Waals surface area contributed by atoms with Gasteiger partial charge in [0, 0.05) is 17.3 Å². The van der Waals surface area contributed by atoms with Gasteiger partial charge in [0.1, 0.15) is 23.9 Å². The van der Waals surface area contributed by atoms with E-state index in [2.05, 4.69) is 15.6 Å². The summed E-state index contributed by atoms with van der Waals surface area (Å²) in [6, 6.07) is 19.3. The van der Waals surface area contributed by atoms with E-state index in [0.29, 0.717) is 27.8 Å². The highest BCUT2D eigenvalue weighted by Crippen LogP contribution is 2.31. The Bertz CT molecular complexity index is 1490. The van der Waals surface area contributed by atoms with Gasteiger partial charge in [-0.05, 0) is 61.7 Å². The topological polar surface area (TPSA) is 117 Å². The summed E-state index contributed by atoms with van der Waals surface area (Å²) in [5.74, 6) is -0.823. The molecule has 1 aromatic heterocycles. The van der Waals surface area contributed by atoms with Crippen LogP contribution in [-0.2, 0) is 16.1 Å². The Kier molecular flexibility index (Phi) is 7.67. The van der Waals surface area contributed by atoms with E-state index in [1.165, 1.54) is 28.6 Å². The molecule has 0 aliphatic heterocycles. The molecule has 4 aromatic rings. The predicted octanol–water partition coefficient (Wildman–Crippen LogP) is 4.56. The first-order valence-electron chi connectivity index (χ1n) is 13.2. The number of para-hydroxylation sites is 1. The van der Waals surface area contributed by atoms with Gasteiger partial charge in [-0.25, -0.2) is 4.68 Å². The van der Waals surface area contributed by atoms with Crippen LogP contribution in [0.15, 0.2) is 72.8 Å². The average molecular weight is 526 g/mol. The zero-order valence-electron chi connectivity index (χ0n) is 21.8. The molecule has 2 N–H and O–H groups in total. The summed E-state index contributed by atoms with van der Waals surface area (Å²) < 4.78 is 1.51. The normalized spacial score (nSPS) is 14.6. The third-order valence-electron chi connectivity index (χ3n) is 7.17. The number of rotatable bonds is 8. The Balaban J connectivity index is 1.59. The molecule has 39 heavy (non-hydrogen) atoms. The van der Waals surface area contributed by atoms with Crippen LogP contribution in [-0.4, -0.2) is 43.7 Å². The molecule has 1 saturated carbocycles. The minimum Gasteiger partial charge on any atom is -0.508 e. The number of carbonyl (C=O) groups excluding carboxylic acids is 3. The molecule has 1 fully saturated rings. The smallest absolute Gasteiger partial charge is 0.249 e. The second-order valence-electron chi connectivity index (χ2n) is 9.94. The van der Waals surface area contributed by atoms with Crippen molar-refractivity contribution in [3.05, 3.63) is 83.9 Å². The van der Waals surface area contributed by atoms with Gasteiger partial charge in [0.25, 0.3) is 0 Å². The molecular weight excluding hydrogens is 494 g/mol. The fourth-order valence-corrected chi connectivity index (χ4v) is 5.15. The van der Waals surface area contributed by atoms with E-state index in [1.54, 1.807) is 36.4 Å². The molecule has 0 radical (unpaired) electrons. The highest BCUT2D eigenvalue weighted by Gasteiger charge is 2.34. The van der Waals surface area contributed by atoms with Crippen molar-refractivity contribution in [3.8, 4) is 5.75 Å². The van der Waals surface area contributed by atoms with Crippen molar-refractivity contribution in [2.45, 2.75) is 57.7 Å². The number of amides is 2. The van der Waals surface area contributed by atoms with Crippen molar-refractivity contribution in [1.29, 1.82) is 0 Å². The second-order valence-corrected chi connectivity index (χ2v) is 9.94. The Morgan fingerprint density at radius 2 is 1.74 bits per heavy atom. The number of ketones is 1. The lowest BCUT2D eigenvalue weighted by molar-refractivity contribution is -0.127. The number of phenolic OH excluding ortho intramolecular Hbond substituents is 1. The molecule has 1 aliphatic rings. The van der Waals surface area contributed by atoms with Gasteiger partial charge in [0.15, 0.2) is 5.78 Å². The van der Waals surface area contributed by atoms with E-state index in [0.717, 1.165) is 32.1 Å². The summed E-state index contributed by atoms with van der Waals surface area (Å²) in [5, 5.41) is 21.4. The molecule has 0 unspecified atom stereocenters. The van der Waals surface area contributed by atoms with E-state index < -0.39 is 11.9 Å². The van der Waals surface area contributed by atoms with Gasteiger partial charge < -0.3 is 10.4 Å². The second kappa shape index (κ2) is 11.5. The molecule has 1 atom stereocenters. The molecule has 5 rings (SSSR count). The van der Waals surface area contributed by atoms with Crippen LogP contribution < -0.4 is 10.2 Å². The van der Waals surface area contributed by atoms with Gasteiger partial charge in [-0.1, -0.05) is 60.9 Å². The van der Waals surface area contributed by atoms with Gasteiger partial charge in [-0.2, -0.15) is 0 Å². The van der Waals surface area contributed by atoms with Gasteiger partial charge in [0.2, 0.25) is 11.8 Å². The SMILES string of the molecule is CC(=O)c1cccc(N(C(=O)Cn2nnc3ccccc32)[C@@H](C(=O)NC2CCCCC2)c2ccc(O)cc2)c1. The number of hydrogen-bond donors (Lipinski definition) is 2. The van der Waals surface area contributed by atoms with Crippen molar-refractivity contribution in [3.63, 3.8) is 0 Å². The van der Waals surface area contributed by atoms with Crippen molar-refractivity contribution in [2.24, 2.45) is 0 Å². The largest absolute Gasteiger partial charge is 0.508 e. The van der Waals surface area contributed by atoms with Crippen molar-refractivity contribution < 1.29 is 19.5 Å². The van der Waals surface area contributed by atoms with Crippen LogP contribution in [0.3, 0.4) is 0 Å². The van der Waals surface area contributed by atoms with E-state index >= 15 is 0 Å². The lowest BCUT2D eigenvalue weighted by atomic mass is 9.94. The van der Waals surface area contributed by atoms with Crippen molar-refractivity contribution in [1.82, 2.24) is 20.3 Å². The molecule has 9 heteroatoms. The zero-order chi connectivity index (χ0) is 27.4. The molecule has 3 aromatic carbocycles. The highest BCUT2D eigenvalue weighted by atomic mass is 16.3. The predicted molar refractivity (Wildman–Crippen MR) is 147 cm³/mol. The molecule has 0 saturated heterocycles. The first-order chi connectivity index (χ1) is 18.9. The van der Waals surface area contributed by atoms with Crippen molar-refractivity contribution in [2.75, 3.05) is 4.90 Å². The average Bonchev–Trinajstić information content (AvgIpc) is 3.35. The van der Waals surface area contributed by atoms with Gasteiger partial charge in [0.05, 0.1) is 5.52 Å². The summed E-state index contributed by atoms with van der Waals surface area (Å²) in [6.45, 7) is 1.29. The maximum Gasteiger partial charge on any atom is 0.249 e. The summed E-state index contributed by atoms with van der Waals surface area (Å²) in [7, 11) is 0. The minimum atomic E-state index is -1.04. The number of Topliss-reactive ketones (excluding diaryl/α,β-unsaturated/α-hetero) is 1. The monoisotopic (exact) mass is 525 g/mol. The van der Waals surface area contributed by atoms with Crippen LogP contribution in [0.4, 0.5) is 5.69 Å². The first-order valence-corrected chi connectivity index (χ1v) is 13.2.